The molecule has 0 aromatic heterocycles. The molecule has 7 unspecified atom stereocenters. The molecule has 4 rings (SSSR count). The van der Waals surface area contributed by atoms with Gasteiger partial charge in [-0.1, -0.05) is 38.5 Å². The van der Waals surface area contributed by atoms with E-state index in [2.05, 4.69) is 0 Å². The quantitative estimate of drug-likeness (QED) is 0.849. The molecule has 3 nitrogen and oxygen atoms in total. The predicted octanol–water partition coefficient (Wildman–Crippen LogP) is 4.13. The summed E-state index contributed by atoms with van der Waals surface area (Å²) in [6, 6.07) is 0. The molecule has 1 N–H and O–H groups in total. The Balaban J connectivity index is 1.34. The van der Waals surface area contributed by atoms with Gasteiger partial charge in [0.05, 0.1) is 6.61 Å². The first-order valence-corrected chi connectivity index (χ1v) is 10.2. The van der Waals surface area contributed by atoms with E-state index in [4.69, 9.17) is 9.47 Å². The highest BCUT2D eigenvalue weighted by Crippen LogP contribution is 2.51. The smallest absolute Gasteiger partial charge is 0.181 e. The van der Waals surface area contributed by atoms with Crippen LogP contribution in [0.1, 0.15) is 70.6 Å². The maximum atomic E-state index is 9.94. The zero-order chi connectivity index (χ0) is 15.6. The van der Waals surface area contributed by atoms with Gasteiger partial charge in [-0.25, -0.2) is 0 Å². The third-order valence-corrected chi connectivity index (χ3v) is 7.37. The second-order valence-corrected chi connectivity index (χ2v) is 8.67. The monoisotopic (exact) mass is 322 g/mol. The van der Waals surface area contributed by atoms with Crippen molar-refractivity contribution >= 4 is 0 Å². The van der Waals surface area contributed by atoms with Crippen molar-refractivity contribution in [2.75, 3.05) is 13.2 Å². The summed E-state index contributed by atoms with van der Waals surface area (Å²) in [7, 11) is 0. The molecule has 1 heterocycles. The third-order valence-electron chi connectivity index (χ3n) is 7.37. The van der Waals surface area contributed by atoms with E-state index in [-0.39, 0.29) is 6.10 Å². The van der Waals surface area contributed by atoms with Crippen LogP contribution in [0.15, 0.2) is 0 Å². The summed E-state index contributed by atoms with van der Waals surface area (Å²) in [6.07, 6.45) is 14.3. The van der Waals surface area contributed by atoms with Gasteiger partial charge in [-0.05, 0) is 61.7 Å². The fourth-order valence-corrected chi connectivity index (χ4v) is 6.13. The number of ether oxygens (including phenoxy) is 2. The van der Waals surface area contributed by atoms with E-state index in [0.29, 0.717) is 6.61 Å². The molecule has 1 aliphatic heterocycles. The summed E-state index contributed by atoms with van der Waals surface area (Å²) in [5.74, 6) is 4.63. The van der Waals surface area contributed by atoms with Crippen LogP contribution in [0.4, 0.5) is 0 Å². The summed E-state index contributed by atoms with van der Waals surface area (Å²) in [6.45, 7) is 1.53. The van der Waals surface area contributed by atoms with Crippen LogP contribution in [0, 0.1) is 29.6 Å². The normalized spacial score (nSPS) is 47.6. The number of hydrogen-bond donors (Lipinski definition) is 1. The van der Waals surface area contributed by atoms with Crippen LogP contribution in [0.5, 0.6) is 0 Å². The molecule has 1 saturated heterocycles. The van der Waals surface area contributed by atoms with Gasteiger partial charge in [-0.3, -0.25) is 0 Å². The van der Waals surface area contributed by atoms with Gasteiger partial charge >= 0.3 is 0 Å². The lowest BCUT2D eigenvalue weighted by Crippen LogP contribution is -2.42. The maximum absolute atomic E-state index is 9.94. The second kappa shape index (κ2) is 7.41. The molecule has 0 aromatic carbocycles. The highest BCUT2D eigenvalue weighted by atomic mass is 16.6. The lowest BCUT2D eigenvalue weighted by Gasteiger charge is -2.49. The zero-order valence-corrected chi connectivity index (χ0v) is 14.5. The number of fused-ring (bicyclic) bond motifs is 2. The Morgan fingerprint density at radius 2 is 1.61 bits per heavy atom. The molecule has 132 valence electrons. The lowest BCUT2D eigenvalue weighted by atomic mass is 9.57. The molecule has 0 spiro atoms. The van der Waals surface area contributed by atoms with Gasteiger partial charge in [0.1, 0.15) is 6.10 Å². The zero-order valence-electron chi connectivity index (χ0n) is 14.5. The summed E-state index contributed by atoms with van der Waals surface area (Å²) in [5, 5.41) is 9.94. The Morgan fingerprint density at radius 3 is 2.43 bits per heavy atom. The molecule has 3 heteroatoms. The highest BCUT2D eigenvalue weighted by Gasteiger charge is 2.43. The van der Waals surface area contributed by atoms with Crippen LogP contribution < -0.4 is 0 Å². The fourth-order valence-electron chi connectivity index (χ4n) is 6.13. The van der Waals surface area contributed by atoms with Crippen LogP contribution in [0.2, 0.25) is 0 Å². The molecular formula is C20H34O3. The van der Waals surface area contributed by atoms with Crippen molar-refractivity contribution in [3.05, 3.63) is 0 Å². The average molecular weight is 322 g/mol. The summed E-state index contributed by atoms with van der Waals surface area (Å²) in [5.41, 5.74) is 0. The molecule has 4 aliphatic rings. The second-order valence-electron chi connectivity index (χ2n) is 8.67. The maximum Gasteiger partial charge on any atom is 0.181 e. The minimum absolute atomic E-state index is 0.0878. The minimum Gasteiger partial charge on any atom is -0.373 e. The Kier molecular flexibility index (Phi) is 5.27. The third kappa shape index (κ3) is 3.62. The molecule has 3 aliphatic carbocycles. The van der Waals surface area contributed by atoms with Crippen molar-refractivity contribution in [2.24, 2.45) is 29.6 Å². The van der Waals surface area contributed by atoms with E-state index >= 15 is 0 Å². The van der Waals surface area contributed by atoms with E-state index in [1.54, 1.807) is 0 Å². The van der Waals surface area contributed by atoms with E-state index in [1.807, 2.05) is 0 Å². The van der Waals surface area contributed by atoms with Crippen molar-refractivity contribution in [3.8, 4) is 0 Å². The molecule has 23 heavy (non-hydrogen) atoms. The summed E-state index contributed by atoms with van der Waals surface area (Å²) < 4.78 is 11.5. The molecule has 3 saturated carbocycles. The Hall–Kier alpha value is -0.120. The average Bonchev–Trinajstić information content (AvgIpc) is 2.59. The summed E-state index contributed by atoms with van der Waals surface area (Å²) >= 11 is 0. The van der Waals surface area contributed by atoms with Gasteiger partial charge in [0.25, 0.3) is 0 Å². The van der Waals surface area contributed by atoms with Gasteiger partial charge < -0.3 is 14.6 Å². The lowest BCUT2D eigenvalue weighted by molar-refractivity contribution is -0.208. The van der Waals surface area contributed by atoms with Crippen LogP contribution >= 0.6 is 0 Å². The van der Waals surface area contributed by atoms with Gasteiger partial charge in [-0.15, -0.1) is 0 Å². The molecular weight excluding hydrogens is 288 g/mol. The van der Waals surface area contributed by atoms with E-state index in [1.165, 1.54) is 57.8 Å². The van der Waals surface area contributed by atoms with Crippen molar-refractivity contribution in [3.63, 3.8) is 0 Å². The van der Waals surface area contributed by atoms with Crippen LogP contribution in [-0.2, 0) is 9.47 Å². The largest absolute Gasteiger partial charge is 0.373 e. The van der Waals surface area contributed by atoms with Gasteiger partial charge in [0.2, 0.25) is 0 Å². The standard InChI is InChI=1S/C20H34O3/c21-20-19(9-4-10-22-20)23-13-17-8-3-7-16-11-14-5-1-2-6-15(14)12-18(16)17/h14-21H,1-13H2. The molecule has 0 radical (unpaired) electrons. The highest BCUT2D eigenvalue weighted by molar-refractivity contribution is 4.93. The molecule has 4 fully saturated rings. The molecule has 7 atom stereocenters. The topological polar surface area (TPSA) is 38.7 Å². The van der Waals surface area contributed by atoms with Crippen molar-refractivity contribution in [2.45, 2.75) is 83.0 Å². The molecule has 0 aromatic rings. The Labute approximate surface area is 141 Å². The number of rotatable bonds is 3. The minimum atomic E-state index is -0.697. The predicted molar refractivity (Wildman–Crippen MR) is 89.9 cm³/mol. The molecule has 0 amide bonds. The first-order valence-electron chi connectivity index (χ1n) is 10.2. The van der Waals surface area contributed by atoms with Crippen molar-refractivity contribution < 1.29 is 14.6 Å². The fraction of sp³-hybridized carbons (Fsp3) is 1.00. The van der Waals surface area contributed by atoms with E-state index in [0.717, 1.165) is 49.0 Å². The Morgan fingerprint density at radius 1 is 0.826 bits per heavy atom. The number of aliphatic hydroxyl groups is 1. The van der Waals surface area contributed by atoms with Crippen molar-refractivity contribution in [1.29, 1.82) is 0 Å². The molecule has 0 bridgehead atoms. The summed E-state index contributed by atoms with van der Waals surface area (Å²) in [4.78, 5) is 0. The van der Waals surface area contributed by atoms with Crippen LogP contribution in [0.25, 0.3) is 0 Å². The van der Waals surface area contributed by atoms with Gasteiger partial charge in [0, 0.05) is 6.61 Å². The number of aliphatic hydroxyl groups excluding tert-OH is 1. The van der Waals surface area contributed by atoms with Crippen LogP contribution in [-0.4, -0.2) is 30.7 Å². The van der Waals surface area contributed by atoms with Crippen molar-refractivity contribution in [1.82, 2.24) is 0 Å². The van der Waals surface area contributed by atoms with Gasteiger partial charge in [0.15, 0.2) is 6.29 Å². The SMILES string of the molecule is OC1OCCCC1OCC1CCCC2CC3CCCCC3CC12. The first-order chi connectivity index (χ1) is 11.3. The van der Waals surface area contributed by atoms with Gasteiger partial charge in [-0.2, -0.15) is 0 Å². The Bertz CT molecular complexity index is 385. The number of hydrogen-bond acceptors (Lipinski definition) is 3. The first kappa shape index (κ1) is 16.4. The van der Waals surface area contributed by atoms with E-state index in [9.17, 15) is 5.11 Å². The van der Waals surface area contributed by atoms with Crippen LogP contribution in [0.3, 0.4) is 0 Å². The van der Waals surface area contributed by atoms with E-state index < -0.39 is 6.29 Å².